The maximum absolute atomic E-state index is 12.1. The molecule has 0 bridgehead atoms. The molecule has 0 saturated carbocycles. The Morgan fingerprint density at radius 2 is 2.28 bits per heavy atom. The van der Waals surface area contributed by atoms with E-state index in [2.05, 4.69) is 9.71 Å². The number of aromatic nitrogens is 1. The fourth-order valence-electron chi connectivity index (χ4n) is 1.44. The first-order valence-electron chi connectivity index (χ1n) is 5.10. The van der Waals surface area contributed by atoms with E-state index >= 15 is 0 Å². The second kappa shape index (κ2) is 5.45. The number of thiazole rings is 1. The number of aliphatic hydroxyl groups is 1. The van der Waals surface area contributed by atoms with E-state index in [1.165, 1.54) is 28.7 Å². The molecular weight excluding hydrogens is 292 g/mol. The van der Waals surface area contributed by atoms with Crippen molar-refractivity contribution in [2.75, 3.05) is 0 Å². The third kappa shape index (κ3) is 2.96. The summed E-state index contributed by atoms with van der Waals surface area (Å²) in [5.41, 5.74) is 2.35. The van der Waals surface area contributed by atoms with E-state index in [-0.39, 0.29) is 18.0 Å². The van der Waals surface area contributed by atoms with Crippen LogP contribution < -0.4 is 4.72 Å². The first kappa shape index (κ1) is 13.6. The summed E-state index contributed by atoms with van der Waals surface area (Å²) >= 11 is 2.70. The highest BCUT2D eigenvalue weighted by Crippen LogP contribution is 2.25. The highest BCUT2D eigenvalue weighted by atomic mass is 32.2. The summed E-state index contributed by atoms with van der Waals surface area (Å²) in [6.45, 7) is 1.75. The highest BCUT2D eigenvalue weighted by Gasteiger charge is 2.19. The molecule has 0 aliphatic heterocycles. The molecule has 2 rings (SSSR count). The van der Waals surface area contributed by atoms with Crippen LogP contribution in [0.5, 0.6) is 0 Å². The van der Waals surface area contributed by atoms with E-state index < -0.39 is 10.0 Å². The van der Waals surface area contributed by atoms with Crippen molar-refractivity contribution in [2.45, 2.75) is 25.0 Å². The highest BCUT2D eigenvalue weighted by molar-refractivity contribution is 7.89. The molecule has 2 heterocycles. The second-order valence-electron chi connectivity index (χ2n) is 3.60. The van der Waals surface area contributed by atoms with E-state index in [1.54, 1.807) is 17.8 Å². The van der Waals surface area contributed by atoms with Crippen molar-refractivity contribution < 1.29 is 13.5 Å². The standard InChI is InChI=1S/C10H12N2O3S3/c1-7-10(2-9(4-13)17-7)18(14,15)12-3-8-5-16-6-11-8/h2,5-6,12-13H,3-4H2,1H3. The van der Waals surface area contributed by atoms with Gasteiger partial charge in [-0.15, -0.1) is 22.7 Å². The molecule has 2 N–H and O–H groups in total. The Morgan fingerprint density at radius 3 is 2.83 bits per heavy atom. The van der Waals surface area contributed by atoms with E-state index in [4.69, 9.17) is 5.11 Å². The number of sulfonamides is 1. The lowest BCUT2D eigenvalue weighted by Gasteiger charge is -2.04. The minimum Gasteiger partial charge on any atom is -0.391 e. The maximum atomic E-state index is 12.1. The van der Waals surface area contributed by atoms with Crippen LogP contribution in [0.25, 0.3) is 0 Å². The average Bonchev–Trinajstić information content (AvgIpc) is 2.95. The van der Waals surface area contributed by atoms with Crippen LogP contribution in [-0.2, 0) is 23.2 Å². The number of hydrogen-bond acceptors (Lipinski definition) is 6. The van der Waals surface area contributed by atoms with Crippen LogP contribution in [0.4, 0.5) is 0 Å². The molecule has 18 heavy (non-hydrogen) atoms. The van der Waals surface area contributed by atoms with Gasteiger partial charge in [-0.05, 0) is 13.0 Å². The topological polar surface area (TPSA) is 79.3 Å². The SMILES string of the molecule is Cc1sc(CO)cc1S(=O)(=O)NCc1cscn1. The molecule has 0 unspecified atom stereocenters. The second-order valence-corrected chi connectivity index (χ2v) is 7.39. The smallest absolute Gasteiger partial charge is 0.242 e. The predicted octanol–water partition coefficient (Wildman–Crippen LogP) is 1.48. The third-order valence-corrected chi connectivity index (χ3v) is 5.62. The van der Waals surface area contributed by atoms with Crippen LogP contribution in [0.2, 0.25) is 0 Å². The molecular formula is C10H12N2O3S3. The van der Waals surface area contributed by atoms with Gasteiger partial charge in [0, 0.05) is 15.1 Å². The van der Waals surface area contributed by atoms with Gasteiger partial charge in [-0.1, -0.05) is 0 Å². The van der Waals surface area contributed by atoms with Crippen molar-refractivity contribution in [3.05, 3.63) is 32.4 Å². The lowest BCUT2D eigenvalue weighted by molar-refractivity contribution is 0.285. The lowest BCUT2D eigenvalue weighted by Crippen LogP contribution is -2.23. The van der Waals surface area contributed by atoms with Gasteiger partial charge < -0.3 is 5.11 Å². The molecule has 0 aliphatic carbocycles. The molecule has 0 radical (unpaired) electrons. The minimum atomic E-state index is -3.54. The fourth-order valence-corrected chi connectivity index (χ4v) is 4.49. The first-order chi connectivity index (χ1) is 8.53. The predicted molar refractivity (Wildman–Crippen MR) is 71.1 cm³/mol. The van der Waals surface area contributed by atoms with Gasteiger partial charge >= 0.3 is 0 Å². The first-order valence-corrected chi connectivity index (χ1v) is 8.34. The monoisotopic (exact) mass is 304 g/mol. The molecule has 98 valence electrons. The number of nitrogens with one attached hydrogen (secondary N) is 1. The molecule has 0 amide bonds. The largest absolute Gasteiger partial charge is 0.391 e. The van der Waals surface area contributed by atoms with Gasteiger partial charge in [0.05, 0.1) is 29.3 Å². The van der Waals surface area contributed by atoms with E-state index in [1.807, 2.05) is 0 Å². The van der Waals surface area contributed by atoms with E-state index in [0.717, 1.165) is 0 Å². The summed E-state index contributed by atoms with van der Waals surface area (Å²) in [5, 5.41) is 10.8. The van der Waals surface area contributed by atoms with Crippen molar-refractivity contribution in [3.63, 3.8) is 0 Å². The third-order valence-electron chi connectivity index (χ3n) is 2.30. The normalized spacial score (nSPS) is 11.9. The zero-order valence-electron chi connectivity index (χ0n) is 9.58. The summed E-state index contributed by atoms with van der Waals surface area (Å²) in [7, 11) is -3.54. The van der Waals surface area contributed by atoms with Gasteiger partial charge in [0.15, 0.2) is 0 Å². The quantitative estimate of drug-likeness (QED) is 0.877. The Kier molecular flexibility index (Phi) is 4.13. The summed E-state index contributed by atoms with van der Waals surface area (Å²) < 4.78 is 26.6. The number of thiophene rings is 1. The number of aliphatic hydroxyl groups excluding tert-OH is 1. The summed E-state index contributed by atoms with van der Waals surface area (Å²) in [4.78, 5) is 5.55. The molecule has 5 nitrogen and oxygen atoms in total. The molecule has 0 fully saturated rings. The number of aryl methyl sites for hydroxylation is 1. The summed E-state index contributed by atoms with van der Waals surface area (Å²) in [6.07, 6.45) is 0. The van der Waals surface area contributed by atoms with Crippen molar-refractivity contribution in [2.24, 2.45) is 0 Å². The summed E-state index contributed by atoms with van der Waals surface area (Å²) in [6, 6.07) is 1.50. The average molecular weight is 304 g/mol. The van der Waals surface area contributed by atoms with Gasteiger partial charge in [0.2, 0.25) is 10.0 Å². The minimum absolute atomic E-state index is 0.146. The van der Waals surface area contributed by atoms with Crippen molar-refractivity contribution in [3.8, 4) is 0 Å². The molecule has 8 heteroatoms. The van der Waals surface area contributed by atoms with Crippen LogP contribution >= 0.6 is 22.7 Å². The van der Waals surface area contributed by atoms with Gasteiger partial charge in [0.1, 0.15) is 0 Å². The molecule has 2 aromatic rings. The number of hydrogen-bond donors (Lipinski definition) is 2. The Labute approximate surface area is 113 Å². The number of nitrogens with zero attached hydrogens (tertiary/aromatic N) is 1. The lowest BCUT2D eigenvalue weighted by atomic mass is 10.4. The molecule has 0 saturated heterocycles. The molecule has 2 aromatic heterocycles. The Bertz CT molecular complexity index is 617. The Balaban J connectivity index is 2.17. The zero-order valence-corrected chi connectivity index (χ0v) is 12.0. The molecule has 0 spiro atoms. The Hall–Kier alpha value is -0.800. The van der Waals surface area contributed by atoms with E-state index in [0.29, 0.717) is 15.4 Å². The van der Waals surface area contributed by atoms with E-state index in [9.17, 15) is 8.42 Å². The van der Waals surface area contributed by atoms with Crippen LogP contribution in [0, 0.1) is 6.92 Å². The van der Waals surface area contributed by atoms with Crippen molar-refractivity contribution in [1.29, 1.82) is 0 Å². The molecule has 0 atom stereocenters. The van der Waals surface area contributed by atoms with Crippen LogP contribution in [0.3, 0.4) is 0 Å². The Morgan fingerprint density at radius 1 is 1.50 bits per heavy atom. The van der Waals surface area contributed by atoms with Gasteiger partial charge in [0.25, 0.3) is 0 Å². The van der Waals surface area contributed by atoms with Crippen LogP contribution in [0.1, 0.15) is 15.4 Å². The zero-order chi connectivity index (χ0) is 13.2. The van der Waals surface area contributed by atoms with Gasteiger partial charge in [-0.2, -0.15) is 0 Å². The van der Waals surface area contributed by atoms with Gasteiger partial charge in [-0.3, -0.25) is 0 Å². The van der Waals surface area contributed by atoms with Gasteiger partial charge in [-0.25, -0.2) is 18.1 Å². The number of rotatable bonds is 5. The van der Waals surface area contributed by atoms with Crippen molar-refractivity contribution >= 4 is 32.7 Å². The molecule has 0 aliphatic rings. The van der Waals surface area contributed by atoms with Crippen LogP contribution in [0.15, 0.2) is 21.9 Å². The molecule has 0 aromatic carbocycles. The summed E-state index contributed by atoms with van der Waals surface area (Å²) in [5.74, 6) is 0. The van der Waals surface area contributed by atoms with Crippen LogP contribution in [-0.4, -0.2) is 18.5 Å². The fraction of sp³-hybridized carbons (Fsp3) is 0.300. The maximum Gasteiger partial charge on any atom is 0.242 e. The van der Waals surface area contributed by atoms with Crippen molar-refractivity contribution in [1.82, 2.24) is 9.71 Å².